The van der Waals surface area contributed by atoms with Crippen molar-refractivity contribution in [3.8, 4) is 0 Å². The van der Waals surface area contributed by atoms with E-state index in [1.54, 1.807) is 0 Å². The molecule has 0 aliphatic heterocycles. The Hall–Kier alpha value is -1.46. The van der Waals surface area contributed by atoms with Crippen LogP contribution >= 0.6 is 23.1 Å². The van der Waals surface area contributed by atoms with Gasteiger partial charge in [-0.25, -0.2) is 4.98 Å². The van der Waals surface area contributed by atoms with Crippen LogP contribution < -0.4 is 5.32 Å². The zero-order chi connectivity index (χ0) is 13.7. The van der Waals surface area contributed by atoms with Crippen LogP contribution in [-0.4, -0.2) is 21.6 Å². The number of anilines is 2. The summed E-state index contributed by atoms with van der Waals surface area (Å²) in [5.41, 5.74) is 2.00. The SMILES string of the molecule is CCN=C(C)Cc1nsc(Nc2ccc(Cl)cc2)n1. The fourth-order valence-corrected chi connectivity index (χ4v) is 2.32. The first-order valence-electron chi connectivity index (χ1n) is 6.02. The van der Waals surface area contributed by atoms with Crippen LogP contribution in [0.15, 0.2) is 29.3 Å². The second-order valence-electron chi connectivity index (χ2n) is 4.03. The van der Waals surface area contributed by atoms with Gasteiger partial charge in [-0.3, -0.25) is 4.99 Å². The highest BCUT2D eigenvalue weighted by Crippen LogP contribution is 2.20. The van der Waals surface area contributed by atoms with E-state index < -0.39 is 0 Å². The summed E-state index contributed by atoms with van der Waals surface area (Å²) in [5.74, 6) is 0.802. The first-order chi connectivity index (χ1) is 9.17. The largest absolute Gasteiger partial charge is 0.330 e. The Morgan fingerprint density at radius 3 is 2.79 bits per heavy atom. The molecule has 0 spiro atoms. The van der Waals surface area contributed by atoms with Gasteiger partial charge in [0.1, 0.15) is 5.82 Å². The molecule has 1 aromatic heterocycles. The second kappa shape index (κ2) is 6.63. The standard InChI is InChI=1S/C13H15ClN4S/c1-3-15-9(2)8-12-17-13(19-18-12)16-11-6-4-10(14)5-7-11/h4-7H,3,8H2,1-2H3,(H,16,17,18). The van der Waals surface area contributed by atoms with Crippen LogP contribution in [0.4, 0.5) is 10.8 Å². The number of nitrogens with zero attached hydrogens (tertiary/aromatic N) is 3. The van der Waals surface area contributed by atoms with Gasteiger partial charge in [-0.2, -0.15) is 4.37 Å². The smallest absolute Gasteiger partial charge is 0.207 e. The van der Waals surface area contributed by atoms with Crippen molar-refractivity contribution in [2.75, 3.05) is 11.9 Å². The molecule has 0 amide bonds. The van der Waals surface area contributed by atoms with Gasteiger partial charge in [-0.05, 0) is 38.1 Å². The van der Waals surface area contributed by atoms with Crippen molar-refractivity contribution in [1.29, 1.82) is 0 Å². The average Bonchev–Trinajstić information content (AvgIpc) is 2.80. The Labute approximate surface area is 121 Å². The van der Waals surface area contributed by atoms with Crippen LogP contribution in [0.5, 0.6) is 0 Å². The molecule has 0 fully saturated rings. The second-order valence-corrected chi connectivity index (χ2v) is 5.22. The molecular formula is C13H15ClN4S. The summed E-state index contributed by atoms with van der Waals surface area (Å²) in [6.07, 6.45) is 0.701. The van der Waals surface area contributed by atoms with Gasteiger partial charge in [-0.15, -0.1) is 0 Å². The Morgan fingerprint density at radius 1 is 1.37 bits per heavy atom. The normalized spacial score (nSPS) is 11.6. The molecule has 1 heterocycles. The van der Waals surface area contributed by atoms with E-state index in [0.717, 1.165) is 33.9 Å². The fourth-order valence-electron chi connectivity index (χ4n) is 1.59. The Morgan fingerprint density at radius 2 is 2.11 bits per heavy atom. The van der Waals surface area contributed by atoms with Crippen LogP contribution in [-0.2, 0) is 6.42 Å². The molecule has 0 aliphatic carbocycles. The number of benzene rings is 1. The van der Waals surface area contributed by atoms with Gasteiger partial charge < -0.3 is 5.32 Å². The lowest BCUT2D eigenvalue weighted by Gasteiger charge is -2.01. The maximum absolute atomic E-state index is 5.84. The Kier molecular flexibility index (Phi) is 4.87. The minimum absolute atomic E-state index is 0.701. The number of halogens is 1. The molecule has 0 unspecified atom stereocenters. The van der Waals surface area contributed by atoms with E-state index >= 15 is 0 Å². The molecule has 0 bridgehead atoms. The lowest BCUT2D eigenvalue weighted by Crippen LogP contribution is -2.00. The highest BCUT2D eigenvalue weighted by molar-refractivity contribution is 7.09. The minimum Gasteiger partial charge on any atom is -0.330 e. The quantitative estimate of drug-likeness (QED) is 0.849. The summed E-state index contributed by atoms with van der Waals surface area (Å²) < 4.78 is 4.31. The zero-order valence-electron chi connectivity index (χ0n) is 10.9. The van der Waals surface area contributed by atoms with E-state index in [0.29, 0.717) is 6.42 Å². The molecule has 0 saturated heterocycles. The summed E-state index contributed by atoms with van der Waals surface area (Å²) in [6.45, 7) is 4.81. The third-order valence-corrected chi connectivity index (χ3v) is 3.33. The highest BCUT2D eigenvalue weighted by Gasteiger charge is 2.05. The van der Waals surface area contributed by atoms with Gasteiger partial charge in [0.15, 0.2) is 0 Å². The van der Waals surface area contributed by atoms with Crippen LogP contribution in [0.25, 0.3) is 0 Å². The lowest BCUT2D eigenvalue weighted by atomic mass is 10.3. The average molecular weight is 295 g/mol. The van der Waals surface area contributed by atoms with Crippen molar-refractivity contribution in [1.82, 2.24) is 9.36 Å². The molecule has 100 valence electrons. The molecule has 0 aliphatic rings. The topological polar surface area (TPSA) is 50.2 Å². The zero-order valence-corrected chi connectivity index (χ0v) is 12.4. The van der Waals surface area contributed by atoms with E-state index in [1.807, 2.05) is 38.1 Å². The molecule has 0 atom stereocenters. The Balaban J connectivity index is 2.01. The van der Waals surface area contributed by atoms with Gasteiger partial charge in [0.05, 0.1) is 0 Å². The summed E-state index contributed by atoms with van der Waals surface area (Å²) >= 11 is 7.19. The highest BCUT2D eigenvalue weighted by atomic mass is 35.5. The number of rotatable bonds is 5. The van der Waals surface area contributed by atoms with Gasteiger partial charge in [0.25, 0.3) is 0 Å². The predicted octanol–water partition coefficient (Wildman–Crippen LogP) is 3.96. The number of aromatic nitrogens is 2. The molecule has 2 rings (SSSR count). The molecule has 4 nitrogen and oxygen atoms in total. The fraction of sp³-hybridized carbons (Fsp3) is 0.308. The van der Waals surface area contributed by atoms with Crippen molar-refractivity contribution >= 4 is 39.7 Å². The number of hydrogen-bond donors (Lipinski definition) is 1. The molecule has 6 heteroatoms. The van der Waals surface area contributed by atoms with Gasteiger partial charge >= 0.3 is 0 Å². The van der Waals surface area contributed by atoms with E-state index in [2.05, 4.69) is 19.7 Å². The summed E-state index contributed by atoms with van der Waals surface area (Å²) in [4.78, 5) is 8.76. The van der Waals surface area contributed by atoms with E-state index in [9.17, 15) is 0 Å². The Bertz CT molecular complexity index is 562. The molecule has 0 saturated carbocycles. The summed E-state index contributed by atoms with van der Waals surface area (Å²) in [7, 11) is 0. The van der Waals surface area contributed by atoms with Crippen LogP contribution in [0.2, 0.25) is 5.02 Å². The maximum Gasteiger partial charge on any atom is 0.207 e. The molecule has 1 aromatic carbocycles. The predicted molar refractivity (Wildman–Crippen MR) is 82.0 cm³/mol. The van der Waals surface area contributed by atoms with Gasteiger partial charge in [0, 0.05) is 40.9 Å². The van der Waals surface area contributed by atoms with Crippen molar-refractivity contribution < 1.29 is 0 Å². The molecular weight excluding hydrogens is 280 g/mol. The molecule has 2 aromatic rings. The third kappa shape index (κ3) is 4.29. The van der Waals surface area contributed by atoms with E-state index in [4.69, 9.17) is 11.6 Å². The van der Waals surface area contributed by atoms with Gasteiger partial charge in [0.2, 0.25) is 5.13 Å². The van der Waals surface area contributed by atoms with Crippen molar-refractivity contribution in [3.05, 3.63) is 35.1 Å². The van der Waals surface area contributed by atoms with Crippen LogP contribution in [0.3, 0.4) is 0 Å². The molecule has 0 radical (unpaired) electrons. The molecule has 19 heavy (non-hydrogen) atoms. The summed E-state index contributed by atoms with van der Waals surface area (Å²) in [5, 5.41) is 4.70. The maximum atomic E-state index is 5.84. The monoisotopic (exact) mass is 294 g/mol. The van der Waals surface area contributed by atoms with Crippen molar-refractivity contribution in [3.63, 3.8) is 0 Å². The number of hydrogen-bond acceptors (Lipinski definition) is 5. The van der Waals surface area contributed by atoms with Crippen molar-refractivity contribution in [2.45, 2.75) is 20.3 Å². The number of aliphatic imine (C=N–C) groups is 1. The first kappa shape index (κ1) is 14.0. The van der Waals surface area contributed by atoms with Crippen LogP contribution in [0, 0.1) is 0 Å². The lowest BCUT2D eigenvalue weighted by molar-refractivity contribution is 1.06. The van der Waals surface area contributed by atoms with Crippen LogP contribution in [0.1, 0.15) is 19.7 Å². The number of nitrogens with one attached hydrogen (secondary N) is 1. The van der Waals surface area contributed by atoms with Gasteiger partial charge in [-0.1, -0.05) is 11.6 Å². The molecule has 1 N–H and O–H groups in total. The van der Waals surface area contributed by atoms with Crippen molar-refractivity contribution in [2.24, 2.45) is 4.99 Å². The summed E-state index contributed by atoms with van der Waals surface area (Å²) in [6, 6.07) is 7.49. The third-order valence-electron chi connectivity index (χ3n) is 2.41. The van der Waals surface area contributed by atoms with E-state index in [-0.39, 0.29) is 0 Å². The minimum atomic E-state index is 0.701. The van der Waals surface area contributed by atoms with E-state index in [1.165, 1.54) is 11.5 Å². The first-order valence-corrected chi connectivity index (χ1v) is 7.17.